The fourth-order valence-electron chi connectivity index (χ4n) is 3.13. The van der Waals surface area contributed by atoms with Crippen molar-refractivity contribution in [2.45, 2.75) is 32.6 Å². The minimum absolute atomic E-state index is 0. The van der Waals surface area contributed by atoms with Crippen LogP contribution in [0.3, 0.4) is 0 Å². The molecule has 0 aromatic heterocycles. The predicted octanol–water partition coefficient (Wildman–Crippen LogP) is 3.10. The molecule has 1 aromatic carbocycles. The first-order chi connectivity index (χ1) is 10.6. The highest BCUT2D eigenvalue weighted by atomic mass is 35.5. The van der Waals surface area contributed by atoms with Crippen LogP contribution in [0.25, 0.3) is 0 Å². The van der Waals surface area contributed by atoms with Gasteiger partial charge in [-0.25, -0.2) is 0 Å². The third kappa shape index (κ3) is 6.50. The molecule has 1 fully saturated rings. The van der Waals surface area contributed by atoms with Gasteiger partial charge in [-0.1, -0.05) is 26.0 Å². The molecule has 0 spiro atoms. The van der Waals surface area contributed by atoms with E-state index < -0.39 is 0 Å². The summed E-state index contributed by atoms with van der Waals surface area (Å²) < 4.78 is 0. The lowest BCUT2D eigenvalue weighted by Gasteiger charge is -2.32. The number of hydrogen-bond acceptors (Lipinski definition) is 3. The van der Waals surface area contributed by atoms with Gasteiger partial charge in [0.05, 0.1) is 6.54 Å². The quantitative estimate of drug-likeness (QED) is 0.837. The maximum absolute atomic E-state index is 12.3. The number of nitrogens with one attached hydrogen (secondary N) is 2. The van der Waals surface area contributed by atoms with Gasteiger partial charge in [0.2, 0.25) is 5.91 Å². The normalized spacial score (nSPS) is 18.5. The van der Waals surface area contributed by atoms with Crippen LogP contribution in [0.1, 0.15) is 38.2 Å². The summed E-state index contributed by atoms with van der Waals surface area (Å²) >= 11 is 0. The summed E-state index contributed by atoms with van der Waals surface area (Å²) in [7, 11) is 1.99. The maximum Gasteiger partial charge on any atom is 0.238 e. The van der Waals surface area contributed by atoms with E-state index in [4.69, 9.17) is 0 Å². The number of nitrogens with zero attached hydrogens (tertiary/aromatic N) is 1. The smallest absolute Gasteiger partial charge is 0.238 e. The van der Waals surface area contributed by atoms with Crippen LogP contribution in [0.4, 0.5) is 5.69 Å². The summed E-state index contributed by atoms with van der Waals surface area (Å²) in [5, 5.41) is 6.28. The topological polar surface area (TPSA) is 44.4 Å². The molecule has 130 valence electrons. The van der Waals surface area contributed by atoms with E-state index in [0.717, 1.165) is 25.3 Å². The van der Waals surface area contributed by atoms with Crippen LogP contribution < -0.4 is 10.6 Å². The number of anilines is 1. The monoisotopic (exact) mass is 339 g/mol. The highest BCUT2D eigenvalue weighted by Crippen LogP contribution is 2.19. The molecule has 1 amide bonds. The van der Waals surface area contributed by atoms with Gasteiger partial charge >= 0.3 is 0 Å². The number of rotatable bonds is 6. The zero-order valence-electron chi connectivity index (χ0n) is 14.5. The maximum atomic E-state index is 12.3. The van der Waals surface area contributed by atoms with Crippen LogP contribution in [-0.4, -0.2) is 44.0 Å². The Morgan fingerprint density at radius 3 is 2.87 bits per heavy atom. The van der Waals surface area contributed by atoms with Gasteiger partial charge in [0, 0.05) is 12.2 Å². The van der Waals surface area contributed by atoms with Crippen molar-refractivity contribution in [1.82, 2.24) is 10.2 Å². The van der Waals surface area contributed by atoms with Gasteiger partial charge < -0.3 is 10.6 Å². The molecular formula is C18H30ClN3O. The van der Waals surface area contributed by atoms with Crippen molar-refractivity contribution in [2.24, 2.45) is 5.92 Å². The van der Waals surface area contributed by atoms with Crippen molar-refractivity contribution >= 4 is 24.0 Å². The van der Waals surface area contributed by atoms with Gasteiger partial charge in [-0.15, -0.1) is 12.4 Å². The SMILES string of the molecule is CNCC1CCCN(CC(=O)Nc2cccc(C(C)C)c2)C1.Cl. The minimum atomic E-state index is 0. The van der Waals surface area contributed by atoms with Crippen LogP contribution in [0.2, 0.25) is 0 Å². The number of carbonyl (C=O) groups is 1. The molecule has 0 aliphatic carbocycles. The number of amides is 1. The van der Waals surface area contributed by atoms with Crippen molar-refractivity contribution in [2.75, 3.05) is 38.5 Å². The second-order valence-electron chi connectivity index (χ2n) is 6.63. The number of benzene rings is 1. The zero-order chi connectivity index (χ0) is 15.9. The Labute approximate surface area is 146 Å². The summed E-state index contributed by atoms with van der Waals surface area (Å²) in [6, 6.07) is 8.15. The van der Waals surface area contributed by atoms with E-state index in [0.29, 0.717) is 18.4 Å². The van der Waals surface area contributed by atoms with Crippen LogP contribution in [0.15, 0.2) is 24.3 Å². The average Bonchev–Trinajstić information content (AvgIpc) is 2.48. The molecule has 0 radical (unpaired) electrons. The lowest BCUT2D eigenvalue weighted by molar-refractivity contribution is -0.117. The number of carbonyl (C=O) groups excluding carboxylic acids is 1. The Morgan fingerprint density at radius 2 is 2.17 bits per heavy atom. The Hall–Kier alpha value is -1.10. The Bertz CT molecular complexity index is 491. The second kappa shape index (κ2) is 9.91. The Kier molecular flexibility index (Phi) is 8.59. The Morgan fingerprint density at radius 1 is 1.39 bits per heavy atom. The number of piperidine rings is 1. The first-order valence-electron chi connectivity index (χ1n) is 8.35. The van der Waals surface area contributed by atoms with Gasteiger partial charge in [-0.3, -0.25) is 9.69 Å². The summed E-state index contributed by atoms with van der Waals surface area (Å²) in [4.78, 5) is 14.5. The molecule has 1 saturated heterocycles. The first kappa shape index (κ1) is 19.9. The van der Waals surface area contributed by atoms with E-state index in [1.807, 2.05) is 19.2 Å². The second-order valence-corrected chi connectivity index (χ2v) is 6.63. The van der Waals surface area contributed by atoms with Gasteiger partial charge in [0.15, 0.2) is 0 Å². The molecule has 23 heavy (non-hydrogen) atoms. The van der Waals surface area contributed by atoms with Crippen molar-refractivity contribution in [1.29, 1.82) is 0 Å². The van der Waals surface area contributed by atoms with Crippen LogP contribution in [-0.2, 0) is 4.79 Å². The van der Waals surface area contributed by atoms with E-state index in [9.17, 15) is 4.79 Å². The third-order valence-corrected chi connectivity index (χ3v) is 4.30. The summed E-state index contributed by atoms with van der Waals surface area (Å²) in [5.41, 5.74) is 2.16. The molecule has 2 N–H and O–H groups in total. The molecule has 1 aliphatic heterocycles. The minimum Gasteiger partial charge on any atom is -0.325 e. The van der Waals surface area contributed by atoms with Gasteiger partial charge in [-0.2, -0.15) is 0 Å². The molecular weight excluding hydrogens is 310 g/mol. The molecule has 5 heteroatoms. The van der Waals surface area contributed by atoms with Crippen LogP contribution in [0, 0.1) is 5.92 Å². The molecule has 2 rings (SSSR count). The highest BCUT2D eigenvalue weighted by Gasteiger charge is 2.21. The van der Waals surface area contributed by atoms with Crippen molar-refractivity contribution in [3.63, 3.8) is 0 Å². The molecule has 1 aromatic rings. The molecule has 0 saturated carbocycles. The average molecular weight is 340 g/mol. The summed E-state index contributed by atoms with van der Waals surface area (Å²) in [6.07, 6.45) is 2.44. The van der Waals surface area contributed by atoms with Crippen LogP contribution in [0.5, 0.6) is 0 Å². The largest absolute Gasteiger partial charge is 0.325 e. The highest BCUT2D eigenvalue weighted by molar-refractivity contribution is 5.92. The predicted molar refractivity (Wildman–Crippen MR) is 99.5 cm³/mol. The molecule has 0 bridgehead atoms. The molecule has 1 aliphatic rings. The van der Waals surface area contributed by atoms with Crippen LogP contribution >= 0.6 is 12.4 Å². The summed E-state index contributed by atoms with van der Waals surface area (Å²) in [6.45, 7) is 7.90. The van der Waals surface area contributed by atoms with Crippen molar-refractivity contribution < 1.29 is 4.79 Å². The molecule has 4 nitrogen and oxygen atoms in total. The van der Waals surface area contributed by atoms with Gasteiger partial charge in [0.1, 0.15) is 0 Å². The molecule has 1 heterocycles. The van der Waals surface area contributed by atoms with E-state index >= 15 is 0 Å². The molecule has 1 unspecified atom stereocenters. The third-order valence-electron chi connectivity index (χ3n) is 4.30. The Balaban J connectivity index is 0.00000264. The lowest BCUT2D eigenvalue weighted by atomic mass is 9.98. The zero-order valence-corrected chi connectivity index (χ0v) is 15.3. The lowest BCUT2D eigenvalue weighted by Crippen LogP contribution is -2.42. The van der Waals surface area contributed by atoms with E-state index in [1.165, 1.54) is 18.4 Å². The number of likely N-dealkylation sites (tertiary alicyclic amines) is 1. The van der Waals surface area contributed by atoms with E-state index in [1.54, 1.807) is 0 Å². The van der Waals surface area contributed by atoms with E-state index in [-0.39, 0.29) is 18.3 Å². The fourth-order valence-corrected chi connectivity index (χ4v) is 3.13. The number of hydrogen-bond donors (Lipinski definition) is 2. The number of halogens is 1. The first-order valence-corrected chi connectivity index (χ1v) is 8.35. The summed E-state index contributed by atoms with van der Waals surface area (Å²) in [5.74, 6) is 1.23. The van der Waals surface area contributed by atoms with Gasteiger partial charge in [-0.05, 0) is 62.5 Å². The van der Waals surface area contributed by atoms with Crippen molar-refractivity contribution in [3.8, 4) is 0 Å². The van der Waals surface area contributed by atoms with E-state index in [2.05, 4.69) is 41.5 Å². The molecule has 1 atom stereocenters. The standard InChI is InChI=1S/C18H29N3O.ClH/c1-14(2)16-7-4-8-17(10-16)20-18(22)13-21-9-5-6-15(12-21)11-19-3;/h4,7-8,10,14-15,19H,5-6,9,11-13H2,1-3H3,(H,20,22);1H. The van der Waals surface area contributed by atoms with Crippen molar-refractivity contribution in [3.05, 3.63) is 29.8 Å². The van der Waals surface area contributed by atoms with Gasteiger partial charge in [0.25, 0.3) is 0 Å². The fraction of sp³-hybridized carbons (Fsp3) is 0.611.